The van der Waals surface area contributed by atoms with Crippen LogP contribution in [0.25, 0.3) is 11.0 Å². The molecule has 0 fully saturated rings. The summed E-state index contributed by atoms with van der Waals surface area (Å²) in [5, 5.41) is 3.21. The van der Waals surface area contributed by atoms with Crippen LogP contribution in [-0.2, 0) is 0 Å². The van der Waals surface area contributed by atoms with Crippen LogP contribution in [0.5, 0.6) is 11.5 Å². The zero-order chi connectivity index (χ0) is 19.7. The van der Waals surface area contributed by atoms with E-state index in [1.165, 1.54) is 0 Å². The molecule has 1 aromatic heterocycles. The maximum absolute atomic E-state index is 12.5. The summed E-state index contributed by atoms with van der Waals surface area (Å²) in [6.07, 6.45) is 0. The van der Waals surface area contributed by atoms with Gasteiger partial charge in [0.25, 0.3) is 5.91 Å². The number of carbonyl (C=O) groups is 1. The number of benzene rings is 3. The van der Waals surface area contributed by atoms with E-state index in [0.717, 1.165) is 31.7 Å². The molecule has 5 nitrogen and oxygen atoms in total. The number of ether oxygens (including phenoxy) is 1. The van der Waals surface area contributed by atoms with Crippen LogP contribution in [0.1, 0.15) is 10.4 Å². The molecule has 0 aliphatic rings. The molecule has 9 heteroatoms. The highest BCUT2D eigenvalue weighted by atomic mass is 79.9. The lowest BCUT2D eigenvalue weighted by atomic mass is 10.2. The lowest BCUT2D eigenvalue weighted by Gasteiger charge is -2.10. The smallest absolute Gasteiger partial charge is 0.255 e. The Bertz CT molecular complexity index is 1180. The van der Waals surface area contributed by atoms with Gasteiger partial charge in [0.05, 0.1) is 16.8 Å². The lowest BCUT2D eigenvalue weighted by molar-refractivity contribution is 0.102. The van der Waals surface area contributed by atoms with Crippen molar-refractivity contribution in [2.75, 3.05) is 5.32 Å². The van der Waals surface area contributed by atoms with Gasteiger partial charge in [0, 0.05) is 26.3 Å². The van der Waals surface area contributed by atoms with E-state index in [4.69, 9.17) is 16.3 Å². The molecule has 0 radical (unpaired) electrons. The van der Waals surface area contributed by atoms with Crippen molar-refractivity contribution >= 4 is 77.8 Å². The Kier molecular flexibility index (Phi) is 5.63. The topological polar surface area (TPSA) is 64.1 Å². The molecule has 28 heavy (non-hydrogen) atoms. The van der Waals surface area contributed by atoms with Gasteiger partial charge in [-0.1, -0.05) is 43.5 Å². The number of anilines is 1. The summed E-state index contributed by atoms with van der Waals surface area (Å²) < 4.78 is 15.8. The van der Waals surface area contributed by atoms with Crippen LogP contribution in [0.3, 0.4) is 0 Å². The van der Waals surface area contributed by atoms with Crippen LogP contribution in [0, 0.1) is 0 Å². The molecule has 1 amide bonds. The summed E-state index contributed by atoms with van der Waals surface area (Å²) in [6, 6.07) is 15.9. The van der Waals surface area contributed by atoms with Gasteiger partial charge in [-0.25, -0.2) is 0 Å². The molecule has 0 aliphatic heterocycles. The number of fused-ring (bicyclic) bond motifs is 1. The number of hydrogen-bond acceptors (Lipinski definition) is 5. The summed E-state index contributed by atoms with van der Waals surface area (Å²) in [5.74, 6) is 0.846. The first-order valence-corrected chi connectivity index (χ1v) is 10.6. The number of hydrogen-bond donors (Lipinski definition) is 1. The van der Waals surface area contributed by atoms with Gasteiger partial charge in [0.2, 0.25) is 0 Å². The fourth-order valence-electron chi connectivity index (χ4n) is 2.50. The molecule has 4 aromatic rings. The van der Waals surface area contributed by atoms with Crippen LogP contribution < -0.4 is 10.1 Å². The van der Waals surface area contributed by atoms with Gasteiger partial charge in [-0.3, -0.25) is 4.79 Å². The van der Waals surface area contributed by atoms with E-state index in [1.54, 1.807) is 42.5 Å². The Morgan fingerprint density at radius 1 is 0.964 bits per heavy atom. The maximum atomic E-state index is 12.5. The number of rotatable bonds is 4. The molecule has 0 atom stereocenters. The maximum Gasteiger partial charge on any atom is 0.255 e. The van der Waals surface area contributed by atoms with Crippen LogP contribution >= 0.6 is 55.2 Å². The van der Waals surface area contributed by atoms with E-state index < -0.39 is 0 Å². The molecule has 1 heterocycles. The highest BCUT2D eigenvalue weighted by molar-refractivity contribution is 9.11. The Morgan fingerprint density at radius 3 is 2.46 bits per heavy atom. The SMILES string of the molecule is O=C(Nc1ccc(Oc2ccc3nsnc3c2)c(Cl)c1)c1cc(Br)cc(Br)c1. The predicted molar refractivity (Wildman–Crippen MR) is 119 cm³/mol. The van der Waals surface area contributed by atoms with Crippen molar-refractivity contribution < 1.29 is 9.53 Å². The fraction of sp³-hybridized carbons (Fsp3) is 0. The molecule has 0 aliphatic carbocycles. The average Bonchev–Trinajstić information content (AvgIpc) is 3.11. The summed E-state index contributed by atoms with van der Waals surface area (Å²) in [5.41, 5.74) is 2.67. The van der Waals surface area contributed by atoms with Crippen LogP contribution in [0.15, 0.2) is 63.5 Å². The van der Waals surface area contributed by atoms with E-state index in [1.807, 2.05) is 12.1 Å². The lowest BCUT2D eigenvalue weighted by Crippen LogP contribution is -2.11. The van der Waals surface area contributed by atoms with Gasteiger partial charge in [-0.05, 0) is 48.5 Å². The third-order valence-electron chi connectivity index (χ3n) is 3.77. The first kappa shape index (κ1) is 19.3. The van der Waals surface area contributed by atoms with Crippen molar-refractivity contribution in [1.29, 1.82) is 0 Å². The van der Waals surface area contributed by atoms with E-state index >= 15 is 0 Å². The van der Waals surface area contributed by atoms with E-state index in [2.05, 4.69) is 45.9 Å². The molecule has 1 N–H and O–H groups in total. The summed E-state index contributed by atoms with van der Waals surface area (Å²) in [6.45, 7) is 0. The molecule has 0 saturated carbocycles. The standard InChI is InChI=1S/C19H10Br2ClN3O2S/c20-11-5-10(6-12(21)7-11)19(26)23-13-1-4-18(15(22)8-13)27-14-2-3-16-17(9-14)25-28-24-16/h1-9H,(H,23,26). The second-order valence-electron chi connectivity index (χ2n) is 5.77. The second-order valence-corrected chi connectivity index (χ2v) is 8.54. The molecule has 140 valence electrons. The Morgan fingerprint density at radius 2 is 1.71 bits per heavy atom. The minimum atomic E-state index is -0.242. The average molecular weight is 540 g/mol. The third kappa shape index (κ3) is 4.35. The quantitative estimate of drug-likeness (QED) is 0.306. The number of nitrogens with zero attached hydrogens (tertiary/aromatic N) is 2. The van der Waals surface area contributed by atoms with Crippen molar-refractivity contribution in [2.45, 2.75) is 0 Å². The normalized spacial score (nSPS) is 10.8. The monoisotopic (exact) mass is 537 g/mol. The predicted octanol–water partition coefficient (Wildman–Crippen LogP) is 6.91. The number of carbonyl (C=O) groups excluding carboxylic acids is 1. The largest absolute Gasteiger partial charge is 0.456 e. The molecule has 0 bridgehead atoms. The molecule has 3 aromatic carbocycles. The van der Waals surface area contributed by atoms with Crippen LogP contribution in [0.2, 0.25) is 5.02 Å². The molecule has 0 spiro atoms. The van der Waals surface area contributed by atoms with Crippen molar-refractivity contribution in [3.8, 4) is 11.5 Å². The van der Waals surface area contributed by atoms with Crippen LogP contribution in [-0.4, -0.2) is 14.7 Å². The van der Waals surface area contributed by atoms with Crippen LogP contribution in [0.4, 0.5) is 5.69 Å². The molecular formula is C19H10Br2ClN3O2S. The van der Waals surface area contributed by atoms with Crippen molar-refractivity contribution in [3.05, 3.63) is 74.1 Å². The highest BCUT2D eigenvalue weighted by Crippen LogP contribution is 2.33. The van der Waals surface area contributed by atoms with E-state index in [9.17, 15) is 4.79 Å². The molecule has 0 saturated heterocycles. The summed E-state index contributed by atoms with van der Waals surface area (Å²) >= 11 is 14.2. The number of nitrogens with one attached hydrogen (secondary N) is 1. The molecular weight excluding hydrogens is 530 g/mol. The zero-order valence-corrected chi connectivity index (χ0v) is 18.7. The van der Waals surface area contributed by atoms with Crippen molar-refractivity contribution in [2.24, 2.45) is 0 Å². The fourth-order valence-corrected chi connectivity index (χ4v) is 4.53. The number of halogens is 3. The first-order chi connectivity index (χ1) is 13.5. The van der Waals surface area contributed by atoms with Gasteiger partial charge < -0.3 is 10.1 Å². The van der Waals surface area contributed by atoms with E-state index in [0.29, 0.717) is 27.8 Å². The minimum Gasteiger partial charge on any atom is -0.456 e. The highest BCUT2D eigenvalue weighted by Gasteiger charge is 2.11. The minimum absolute atomic E-state index is 0.242. The number of aromatic nitrogens is 2. The molecule has 4 rings (SSSR count). The van der Waals surface area contributed by atoms with Gasteiger partial charge in [0.15, 0.2) is 0 Å². The second kappa shape index (κ2) is 8.16. The summed E-state index contributed by atoms with van der Waals surface area (Å²) in [4.78, 5) is 12.5. The van der Waals surface area contributed by atoms with Gasteiger partial charge in [-0.15, -0.1) is 0 Å². The van der Waals surface area contributed by atoms with Crippen molar-refractivity contribution in [3.63, 3.8) is 0 Å². The Hall–Kier alpha value is -2.00. The van der Waals surface area contributed by atoms with E-state index in [-0.39, 0.29) is 5.91 Å². The first-order valence-electron chi connectivity index (χ1n) is 7.95. The van der Waals surface area contributed by atoms with Crippen molar-refractivity contribution in [1.82, 2.24) is 8.75 Å². The van der Waals surface area contributed by atoms with Gasteiger partial charge in [0.1, 0.15) is 22.5 Å². The zero-order valence-electron chi connectivity index (χ0n) is 13.9. The Labute approximate surface area is 186 Å². The third-order valence-corrected chi connectivity index (χ3v) is 5.54. The summed E-state index contributed by atoms with van der Waals surface area (Å²) in [7, 11) is 0. The number of amides is 1. The van der Waals surface area contributed by atoms with Gasteiger partial charge >= 0.3 is 0 Å². The van der Waals surface area contributed by atoms with Gasteiger partial charge in [-0.2, -0.15) is 8.75 Å². The molecule has 0 unspecified atom stereocenters. The Balaban J connectivity index is 1.51.